The van der Waals surface area contributed by atoms with E-state index < -0.39 is 11.9 Å². The first-order chi connectivity index (χ1) is 21.0. The Morgan fingerprint density at radius 2 is 1.86 bits per heavy atom. The highest BCUT2D eigenvalue weighted by Gasteiger charge is 2.39. The number of nitriles is 1. The molecule has 0 unspecified atom stereocenters. The number of nitrogens with two attached hydrogens (primary N) is 1. The van der Waals surface area contributed by atoms with Gasteiger partial charge in [0.1, 0.15) is 6.54 Å². The van der Waals surface area contributed by atoms with Crippen molar-refractivity contribution >= 4 is 40.6 Å². The lowest BCUT2D eigenvalue weighted by molar-refractivity contribution is -0.141. The maximum Gasteiger partial charge on any atom is 0.435 e. The van der Waals surface area contributed by atoms with Gasteiger partial charge in [0.05, 0.1) is 34.1 Å². The van der Waals surface area contributed by atoms with Crippen molar-refractivity contribution in [2.24, 2.45) is 11.7 Å². The smallest absolute Gasteiger partial charge is 0.339 e. The van der Waals surface area contributed by atoms with E-state index in [0.29, 0.717) is 50.3 Å². The van der Waals surface area contributed by atoms with E-state index in [1.807, 2.05) is 0 Å². The van der Waals surface area contributed by atoms with Gasteiger partial charge in [0, 0.05) is 62.4 Å². The number of aromatic nitrogens is 5. The van der Waals surface area contributed by atoms with Crippen LogP contribution in [0.2, 0.25) is 5.02 Å². The molecule has 0 atom stereocenters. The summed E-state index contributed by atoms with van der Waals surface area (Å²) in [6.07, 6.45) is 1.95. The highest BCUT2D eigenvalue weighted by molar-refractivity contribution is 6.34. The third-order valence-electron chi connectivity index (χ3n) is 7.83. The first-order valence-electron chi connectivity index (χ1n) is 13.8. The fourth-order valence-electron chi connectivity index (χ4n) is 5.50. The average Bonchev–Trinajstić information content (AvgIpc) is 3.60. The van der Waals surface area contributed by atoms with E-state index >= 15 is 0 Å². The lowest BCUT2D eigenvalue weighted by Crippen LogP contribution is -2.54. The van der Waals surface area contributed by atoms with Gasteiger partial charge in [-0.1, -0.05) is 11.6 Å². The number of fused-ring (bicyclic) bond motifs is 1. The lowest BCUT2D eigenvalue weighted by Gasteiger charge is -2.40. The van der Waals surface area contributed by atoms with Crippen LogP contribution in [-0.4, -0.2) is 78.0 Å². The summed E-state index contributed by atoms with van der Waals surface area (Å²) in [5.41, 5.74) is 5.56. The number of imidazole rings is 1. The monoisotopic (exact) mass is 626 g/mol. The van der Waals surface area contributed by atoms with Crippen LogP contribution in [0.4, 0.5) is 24.7 Å². The highest BCUT2D eigenvalue weighted by Crippen LogP contribution is 2.37. The molecule has 1 aliphatic heterocycles. The number of hydrogen-bond acceptors (Lipinski definition) is 8. The minimum Gasteiger partial charge on any atom is -0.339 e. The van der Waals surface area contributed by atoms with Crippen molar-refractivity contribution in [1.29, 1.82) is 5.26 Å². The molecule has 1 aliphatic carbocycles. The molecule has 0 bridgehead atoms. The Morgan fingerprint density at radius 1 is 1.14 bits per heavy atom. The summed E-state index contributed by atoms with van der Waals surface area (Å²) in [4.78, 5) is 37.9. The normalized spacial score (nSPS) is 18.6. The molecule has 16 heteroatoms. The molecule has 12 nitrogen and oxygen atoms in total. The predicted octanol–water partition coefficient (Wildman–Crippen LogP) is 3.55. The molecule has 1 saturated heterocycles. The van der Waals surface area contributed by atoms with E-state index in [2.05, 4.69) is 20.4 Å². The third-order valence-corrected chi connectivity index (χ3v) is 8.14. The Labute approximate surface area is 253 Å². The third kappa shape index (κ3) is 5.53. The summed E-state index contributed by atoms with van der Waals surface area (Å²) in [7, 11) is 0. The molecule has 1 aromatic carbocycles. The number of amides is 2. The number of nitrogens with zero attached hydrogens (tertiary/aromatic N) is 8. The van der Waals surface area contributed by atoms with E-state index in [-0.39, 0.29) is 58.1 Å². The molecule has 228 valence electrons. The first kappa shape index (κ1) is 29.4. The van der Waals surface area contributed by atoms with Gasteiger partial charge in [-0.3, -0.25) is 18.7 Å². The number of piperazine rings is 1. The van der Waals surface area contributed by atoms with Crippen molar-refractivity contribution in [1.82, 2.24) is 33.9 Å². The van der Waals surface area contributed by atoms with Gasteiger partial charge >= 0.3 is 6.18 Å². The fraction of sp³-hybridized carbons (Fsp3) is 0.357. The molecule has 44 heavy (non-hydrogen) atoms. The molecule has 2 aliphatic rings. The molecule has 0 radical (unpaired) electrons. The Kier molecular flexibility index (Phi) is 7.64. The van der Waals surface area contributed by atoms with Gasteiger partial charge in [-0.15, -0.1) is 0 Å². The number of rotatable bonds is 6. The van der Waals surface area contributed by atoms with Gasteiger partial charge in [-0.25, -0.2) is 9.97 Å². The van der Waals surface area contributed by atoms with Crippen LogP contribution in [-0.2, 0) is 17.5 Å². The number of alkyl halides is 3. The average molecular weight is 627 g/mol. The van der Waals surface area contributed by atoms with E-state index in [9.17, 15) is 22.8 Å². The topological polar surface area (TPSA) is 150 Å². The number of anilines is 2. The molecule has 4 heterocycles. The zero-order valence-electron chi connectivity index (χ0n) is 23.1. The summed E-state index contributed by atoms with van der Waals surface area (Å²) >= 11 is 6.52. The Morgan fingerprint density at radius 3 is 2.52 bits per heavy atom. The van der Waals surface area contributed by atoms with Crippen LogP contribution >= 0.6 is 11.6 Å². The summed E-state index contributed by atoms with van der Waals surface area (Å²) in [5, 5.41) is 15.7. The number of nitrogens with one attached hydrogen (secondary N) is 1. The van der Waals surface area contributed by atoms with Gasteiger partial charge < -0.3 is 20.9 Å². The molecular formula is C28H26ClF3N10O2. The zero-order chi connectivity index (χ0) is 31.2. The maximum absolute atomic E-state index is 13.7. The van der Waals surface area contributed by atoms with E-state index in [0.717, 1.165) is 10.9 Å². The van der Waals surface area contributed by atoms with Gasteiger partial charge in [0.2, 0.25) is 5.91 Å². The second-order valence-corrected chi connectivity index (χ2v) is 11.1. The molecule has 2 fully saturated rings. The molecule has 3 aromatic heterocycles. The first-order valence-corrected chi connectivity index (χ1v) is 14.2. The zero-order valence-corrected chi connectivity index (χ0v) is 23.9. The van der Waals surface area contributed by atoms with Crippen LogP contribution in [0.15, 0.2) is 43.0 Å². The standard InChI is InChI=1S/C28H26ClF3N10O2/c29-21-13-18(1-2-19(21)27(44)40-9-7-39(8-10-40)26(43)16-11-17(34)12-16)37-24-25-36-14-22(42(25)6-4-35-24)20-15-41(5-3-33)38-23(20)28(30,31)32/h1-2,4,6,13-17H,5,7-12,34H2,(H,35,37). The largest absolute Gasteiger partial charge is 0.435 e. The quantitative estimate of drug-likeness (QED) is 0.330. The van der Waals surface area contributed by atoms with Crippen LogP contribution < -0.4 is 11.1 Å². The second kappa shape index (κ2) is 11.4. The summed E-state index contributed by atoms with van der Waals surface area (Å²) in [5.74, 6) is 0.0479. The molecule has 6 rings (SSSR count). The van der Waals surface area contributed by atoms with Gasteiger partial charge in [0.15, 0.2) is 17.2 Å². The molecule has 2 amide bonds. The van der Waals surface area contributed by atoms with Crippen molar-refractivity contribution in [3.63, 3.8) is 0 Å². The van der Waals surface area contributed by atoms with Gasteiger partial charge in [0.25, 0.3) is 5.91 Å². The van der Waals surface area contributed by atoms with E-state index in [4.69, 9.17) is 22.6 Å². The predicted molar refractivity (Wildman–Crippen MR) is 153 cm³/mol. The number of halogens is 4. The highest BCUT2D eigenvalue weighted by atomic mass is 35.5. The van der Waals surface area contributed by atoms with Gasteiger partial charge in [-0.2, -0.15) is 23.5 Å². The van der Waals surface area contributed by atoms with Crippen LogP contribution in [0.5, 0.6) is 0 Å². The molecule has 3 N–H and O–H groups in total. The number of carbonyl (C=O) groups is 2. The van der Waals surface area contributed by atoms with E-state index in [1.54, 1.807) is 34.1 Å². The van der Waals surface area contributed by atoms with Crippen LogP contribution in [0.3, 0.4) is 0 Å². The molecular weight excluding hydrogens is 601 g/mol. The number of hydrogen-bond donors (Lipinski definition) is 2. The molecule has 1 saturated carbocycles. The second-order valence-electron chi connectivity index (χ2n) is 10.7. The minimum atomic E-state index is -4.75. The van der Waals surface area contributed by atoms with Crippen molar-refractivity contribution in [3.8, 4) is 17.3 Å². The molecule has 0 spiro atoms. The van der Waals surface area contributed by atoms with Gasteiger partial charge in [-0.05, 0) is 31.0 Å². The van der Waals surface area contributed by atoms with Crippen molar-refractivity contribution < 1.29 is 22.8 Å². The van der Waals surface area contributed by atoms with Crippen LogP contribution in [0, 0.1) is 17.2 Å². The number of benzene rings is 1. The van der Waals surface area contributed by atoms with Crippen molar-refractivity contribution in [3.05, 3.63) is 59.3 Å². The number of carbonyl (C=O) groups excluding carboxylic acids is 2. The maximum atomic E-state index is 13.7. The van der Waals surface area contributed by atoms with E-state index in [1.165, 1.54) is 23.0 Å². The summed E-state index contributed by atoms with van der Waals surface area (Å²) in [6.45, 7) is 1.32. The summed E-state index contributed by atoms with van der Waals surface area (Å²) < 4.78 is 43.6. The Balaban J connectivity index is 1.18. The summed E-state index contributed by atoms with van der Waals surface area (Å²) in [6, 6.07) is 6.64. The molecule has 4 aromatic rings. The fourth-order valence-corrected chi connectivity index (χ4v) is 5.76. The Hall–Kier alpha value is -4.68. The lowest BCUT2D eigenvalue weighted by atomic mass is 9.80. The van der Waals surface area contributed by atoms with Crippen LogP contribution in [0.1, 0.15) is 28.9 Å². The Bertz CT molecular complexity index is 1780. The minimum absolute atomic E-state index is 0.0265. The van der Waals surface area contributed by atoms with Crippen molar-refractivity contribution in [2.45, 2.75) is 31.6 Å². The van der Waals surface area contributed by atoms with Crippen LogP contribution in [0.25, 0.3) is 16.9 Å². The SMILES string of the molecule is N#CCn1cc(-c2cnc3c(Nc4ccc(C(=O)N5CCN(C(=O)C6CC(N)C6)CC5)c(Cl)c4)nccn23)c(C(F)(F)F)n1. The van der Waals surface area contributed by atoms with Crippen molar-refractivity contribution in [2.75, 3.05) is 31.5 Å².